The van der Waals surface area contributed by atoms with Crippen LogP contribution in [0.15, 0.2) is 36.9 Å². The molecule has 3 nitrogen and oxygen atoms in total. The van der Waals surface area contributed by atoms with Crippen LogP contribution in [0.3, 0.4) is 0 Å². The highest BCUT2D eigenvalue weighted by atomic mass is 16.1. The molecule has 1 amide bonds. The second kappa shape index (κ2) is 7.52. The van der Waals surface area contributed by atoms with Crippen LogP contribution in [0, 0.1) is 0 Å². The van der Waals surface area contributed by atoms with Gasteiger partial charge in [-0.05, 0) is 74.7 Å². The van der Waals surface area contributed by atoms with Crippen molar-refractivity contribution in [3.63, 3.8) is 0 Å². The number of allylic oxidation sites excluding steroid dienone is 1. The lowest BCUT2D eigenvalue weighted by Gasteiger charge is -2.47. The molecule has 3 rings (SSSR count). The summed E-state index contributed by atoms with van der Waals surface area (Å²) < 4.78 is 0. The van der Waals surface area contributed by atoms with Crippen molar-refractivity contribution in [2.45, 2.75) is 56.9 Å². The van der Waals surface area contributed by atoms with E-state index in [2.05, 4.69) is 41.1 Å². The zero-order valence-electron chi connectivity index (χ0n) is 14.9. The summed E-state index contributed by atoms with van der Waals surface area (Å²) in [5.41, 5.74) is 3.15. The average Bonchev–Trinajstić information content (AvgIpc) is 2.59. The van der Waals surface area contributed by atoms with Crippen LogP contribution in [-0.2, 0) is 10.2 Å². The van der Waals surface area contributed by atoms with Crippen molar-refractivity contribution >= 4 is 5.91 Å². The molecule has 0 radical (unpaired) electrons. The van der Waals surface area contributed by atoms with Crippen molar-refractivity contribution < 1.29 is 4.79 Å². The van der Waals surface area contributed by atoms with Crippen molar-refractivity contribution in [2.75, 3.05) is 19.6 Å². The fraction of sp³-hybridized carbons (Fsp3) is 0.571. The predicted octanol–water partition coefficient (Wildman–Crippen LogP) is 3.96. The maximum absolute atomic E-state index is 11.5. The molecular formula is C21H30N2O. The molecule has 1 fully saturated rings. The minimum atomic E-state index is 0.0720. The van der Waals surface area contributed by atoms with Crippen LogP contribution >= 0.6 is 0 Å². The monoisotopic (exact) mass is 326 g/mol. The van der Waals surface area contributed by atoms with E-state index < -0.39 is 0 Å². The molecule has 2 aliphatic rings. The number of hydrogen-bond acceptors (Lipinski definition) is 2. The smallest absolute Gasteiger partial charge is 0.217 e. The molecule has 0 aromatic heterocycles. The summed E-state index contributed by atoms with van der Waals surface area (Å²) in [7, 11) is 0. The number of piperidine rings is 1. The number of carbonyl (C=O) groups is 1. The highest BCUT2D eigenvalue weighted by Crippen LogP contribution is 2.47. The number of amides is 1. The van der Waals surface area contributed by atoms with Gasteiger partial charge < -0.3 is 10.2 Å². The van der Waals surface area contributed by atoms with Crippen LogP contribution in [0.25, 0.3) is 0 Å². The Labute approximate surface area is 146 Å². The molecule has 3 heteroatoms. The highest BCUT2D eigenvalue weighted by molar-refractivity contribution is 5.73. The van der Waals surface area contributed by atoms with Gasteiger partial charge >= 0.3 is 0 Å². The molecule has 1 aromatic carbocycles. The predicted molar refractivity (Wildman–Crippen MR) is 99.0 cm³/mol. The second-order valence-corrected chi connectivity index (χ2v) is 7.43. The second-order valence-electron chi connectivity index (χ2n) is 7.43. The molecule has 130 valence electrons. The summed E-state index contributed by atoms with van der Waals surface area (Å²) in [6, 6.07) is 8.98. The van der Waals surface area contributed by atoms with E-state index in [1.807, 2.05) is 6.08 Å². The first-order chi connectivity index (χ1) is 11.6. The highest BCUT2D eigenvalue weighted by Gasteiger charge is 2.41. The third kappa shape index (κ3) is 3.56. The van der Waals surface area contributed by atoms with Crippen LogP contribution < -0.4 is 5.32 Å². The average molecular weight is 326 g/mol. The van der Waals surface area contributed by atoms with Crippen LogP contribution in [0.1, 0.15) is 62.6 Å². The summed E-state index contributed by atoms with van der Waals surface area (Å²) in [6.07, 6.45) is 9.09. The van der Waals surface area contributed by atoms with Crippen LogP contribution in [0.4, 0.5) is 0 Å². The number of benzene rings is 1. The fourth-order valence-electron chi connectivity index (χ4n) is 4.57. The molecule has 1 N–H and O–H groups in total. The van der Waals surface area contributed by atoms with E-state index in [0.717, 1.165) is 12.8 Å². The number of nitrogens with one attached hydrogen (secondary N) is 1. The van der Waals surface area contributed by atoms with Gasteiger partial charge in [0.2, 0.25) is 5.91 Å². The van der Waals surface area contributed by atoms with Crippen molar-refractivity contribution in [1.29, 1.82) is 0 Å². The number of carbonyl (C=O) groups excluding carboxylic acids is 1. The van der Waals surface area contributed by atoms with Gasteiger partial charge in [-0.15, -0.1) is 6.58 Å². The standard InChI is InChI=1S/C21H30N2O/c1-3-4-7-14-23-15-12-21(13-16-23)11-10-20(22-17(2)24)18-8-5-6-9-19(18)21/h3,5-6,8-9,20H,1,4,7,10-16H2,2H3,(H,22,24)/t20-/m0/s1. The molecule has 1 aliphatic carbocycles. The topological polar surface area (TPSA) is 32.3 Å². The first-order valence-electron chi connectivity index (χ1n) is 9.34. The normalized spacial score (nSPS) is 22.8. The van der Waals surface area contributed by atoms with Gasteiger partial charge in [0.25, 0.3) is 0 Å². The number of rotatable bonds is 5. The molecule has 24 heavy (non-hydrogen) atoms. The largest absolute Gasteiger partial charge is 0.350 e. The van der Waals surface area contributed by atoms with Crippen molar-refractivity contribution in [3.05, 3.63) is 48.0 Å². The molecule has 1 atom stereocenters. The van der Waals surface area contributed by atoms with E-state index in [1.165, 1.54) is 56.4 Å². The molecule has 0 bridgehead atoms. The van der Waals surface area contributed by atoms with E-state index >= 15 is 0 Å². The Bertz CT molecular complexity index is 587. The van der Waals surface area contributed by atoms with Gasteiger partial charge in [0.1, 0.15) is 0 Å². The van der Waals surface area contributed by atoms with E-state index in [4.69, 9.17) is 0 Å². The number of fused-ring (bicyclic) bond motifs is 2. The van der Waals surface area contributed by atoms with Crippen LogP contribution in [0.2, 0.25) is 0 Å². The quantitative estimate of drug-likeness (QED) is 0.656. The number of unbranched alkanes of at least 4 members (excludes halogenated alkanes) is 1. The summed E-state index contributed by atoms with van der Waals surface area (Å²) in [6.45, 7) is 9.01. The van der Waals surface area contributed by atoms with E-state index in [1.54, 1.807) is 6.92 Å². The molecule has 1 spiro atoms. The number of likely N-dealkylation sites (tertiary alicyclic amines) is 1. The Kier molecular flexibility index (Phi) is 5.40. The van der Waals surface area contributed by atoms with Crippen molar-refractivity contribution in [3.8, 4) is 0 Å². The first kappa shape index (κ1) is 17.2. The summed E-state index contributed by atoms with van der Waals surface area (Å²) in [5.74, 6) is 0.0720. The fourth-order valence-corrected chi connectivity index (χ4v) is 4.57. The number of nitrogens with zero attached hydrogens (tertiary/aromatic N) is 1. The Balaban J connectivity index is 1.73. The number of hydrogen-bond donors (Lipinski definition) is 1. The van der Waals surface area contributed by atoms with E-state index in [-0.39, 0.29) is 11.9 Å². The Hall–Kier alpha value is -1.61. The molecule has 0 saturated carbocycles. The molecule has 1 aliphatic heterocycles. The van der Waals surface area contributed by atoms with Crippen LogP contribution in [-0.4, -0.2) is 30.4 Å². The van der Waals surface area contributed by atoms with Gasteiger partial charge in [0, 0.05) is 6.92 Å². The maximum atomic E-state index is 11.5. The lowest BCUT2D eigenvalue weighted by molar-refractivity contribution is -0.119. The van der Waals surface area contributed by atoms with Gasteiger partial charge in [-0.1, -0.05) is 30.3 Å². The Morgan fingerprint density at radius 2 is 2.08 bits per heavy atom. The minimum Gasteiger partial charge on any atom is -0.350 e. The molecule has 1 aromatic rings. The van der Waals surface area contributed by atoms with Gasteiger partial charge in [-0.25, -0.2) is 0 Å². The van der Waals surface area contributed by atoms with E-state index in [9.17, 15) is 4.79 Å². The Morgan fingerprint density at radius 3 is 2.79 bits per heavy atom. The van der Waals surface area contributed by atoms with Crippen molar-refractivity contribution in [1.82, 2.24) is 10.2 Å². The molecule has 0 unspecified atom stereocenters. The Morgan fingerprint density at radius 1 is 1.33 bits per heavy atom. The molecular weight excluding hydrogens is 296 g/mol. The minimum absolute atomic E-state index is 0.0720. The summed E-state index contributed by atoms with van der Waals surface area (Å²) >= 11 is 0. The summed E-state index contributed by atoms with van der Waals surface area (Å²) in [4.78, 5) is 14.1. The SMILES string of the molecule is C=CCCCN1CCC2(CC[C@H](NC(C)=O)c3ccccc32)CC1. The van der Waals surface area contributed by atoms with Crippen molar-refractivity contribution in [2.24, 2.45) is 0 Å². The summed E-state index contributed by atoms with van der Waals surface area (Å²) in [5, 5.41) is 3.14. The first-order valence-corrected chi connectivity index (χ1v) is 9.34. The third-order valence-corrected chi connectivity index (χ3v) is 5.89. The zero-order valence-corrected chi connectivity index (χ0v) is 14.9. The zero-order chi connectivity index (χ0) is 17.0. The van der Waals surface area contributed by atoms with Gasteiger partial charge in [-0.2, -0.15) is 0 Å². The van der Waals surface area contributed by atoms with Crippen LogP contribution in [0.5, 0.6) is 0 Å². The lowest BCUT2D eigenvalue weighted by Crippen LogP contribution is -2.46. The maximum Gasteiger partial charge on any atom is 0.217 e. The van der Waals surface area contributed by atoms with Gasteiger partial charge in [0.15, 0.2) is 0 Å². The van der Waals surface area contributed by atoms with Gasteiger partial charge in [0.05, 0.1) is 6.04 Å². The van der Waals surface area contributed by atoms with E-state index in [0.29, 0.717) is 5.41 Å². The molecule has 1 heterocycles. The lowest BCUT2D eigenvalue weighted by atomic mass is 9.63. The van der Waals surface area contributed by atoms with Gasteiger partial charge in [-0.3, -0.25) is 4.79 Å². The third-order valence-electron chi connectivity index (χ3n) is 5.89. The molecule has 1 saturated heterocycles.